The molecule has 1 aromatic carbocycles. The molecule has 0 aliphatic carbocycles. The summed E-state index contributed by atoms with van der Waals surface area (Å²) >= 11 is 0. The van der Waals surface area contributed by atoms with Crippen LogP contribution in [0.25, 0.3) is 0 Å². The van der Waals surface area contributed by atoms with Crippen LogP contribution in [0.15, 0.2) is 24.3 Å². The molecule has 0 aliphatic heterocycles. The molecule has 0 spiro atoms. The zero-order valence-corrected chi connectivity index (χ0v) is 13.3. The van der Waals surface area contributed by atoms with Crippen molar-refractivity contribution in [1.29, 1.82) is 0 Å². The monoisotopic (exact) mass is 295 g/mol. The third-order valence-electron chi connectivity index (χ3n) is 3.41. The summed E-state index contributed by atoms with van der Waals surface area (Å²) in [7, 11) is 1.90. The van der Waals surface area contributed by atoms with Crippen molar-refractivity contribution in [2.24, 2.45) is 11.1 Å². The van der Waals surface area contributed by atoms with Crippen molar-refractivity contribution in [3.8, 4) is 0 Å². The van der Waals surface area contributed by atoms with Crippen LogP contribution in [0.1, 0.15) is 32.4 Å². The highest BCUT2D eigenvalue weighted by Gasteiger charge is 2.20. The fourth-order valence-electron chi connectivity index (χ4n) is 2.22. The topological polar surface area (TPSA) is 58.4 Å². The SMILES string of the molecule is CC(NC(=O)CN(C)CC(C)(C)CN)c1ccc(F)cc1. The average Bonchev–Trinajstić information content (AvgIpc) is 2.38. The second-order valence-electron chi connectivity index (χ2n) is 6.38. The zero-order chi connectivity index (χ0) is 16.0. The van der Waals surface area contributed by atoms with E-state index in [1.807, 2.05) is 18.9 Å². The Morgan fingerprint density at radius 2 is 1.95 bits per heavy atom. The zero-order valence-electron chi connectivity index (χ0n) is 13.3. The third kappa shape index (κ3) is 6.23. The van der Waals surface area contributed by atoms with Gasteiger partial charge in [-0.15, -0.1) is 0 Å². The van der Waals surface area contributed by atoms with Crippen molar-refractivity contribution in [3.05, 3.63) is 35.6 Å². The van der Waals surface area contributed by atoms with E-state index in [0.717, 1.165) is 12.1 Å². The first-order valence-electron chi connectivity index (χ1n) is 7.17. The van der Waals surface area contributed by atoms with E-state index in [1.54, 1.807) is 12.1 Å². The molecule has 1 atom stereocenters. The number of hydrogen-bond donors (Lipinski definition) is 2. The molecule has 1 amide bonds. The van der Waals surface area contributed by atoms with Gasteiger partial charge in [-0.1, -0.05) is 26.0 Å². The predicted octanol–water partition coefficient (Wildman–Crippen LogP) is 1.92. The summed E-state index contributed by atoms with van der Waals surface area (Å²) in [6.07, 6.45) is 0. The first-order chi connectivity index (χ1) is 9.73. The summed E-state index contributed by atoms with van der Waals surface area (Å²) in [5.41, 5.74) is 6.56. The molecule has 0 bridgehead atoms. The second-order valence-corrected chi connectivity index (χ2v) is 6.38. The van der Waals surface area contributed by atoms with Crippen molar-refractivity contribution in [1.82, 2.24) is 10.2 Å². The maximum atomic E-state index is 12.9. The van der Waals surface area contributed by atoms with Crippen molar-refractivity contribution in [2.75, 3.05) is 26.7 Å². The Balaban J connectivity index is 2.48. The van der Waals surface area contributed by atoms with Gasteiger partial charge in [0.2, 0.25) is 5.91 Å². The van der Waals surface area contributed by atoms with E-state index in [9.17, 15) is 9.18 Å². The van der Waals surface area contributed by atoms with E-state index in [-0.39, 0.29) is 23.2 Å². The lowest BCUT2D eigenvalue weighted by molar-refractivity contribution is -0.122. The Kier molecular flexibility index (Phi) is 6.30. The highest BCUT2D eigenvalue weighted by atomic mass is 19.1. The lowest BCUT2D eigenvalue weighted by atomic mass is 9.93. The minimum atomic E-state index is -0.277. The summed E-state index contributed by atoms with van der Waals surface area (Å²) in [5, 5.41) is 2.92. The van der Waals surface area contributed by atoms with Crippen molar-refractivity contribution >= 4 is 5.91 Å². The normalized spacial score (nSPS) is 13.3. The highest BCUT2D eigenvalue weighted by Crippen LogP contribution is 2.14. The van der Waals surface area contributed by atoms with Crippen LogP contribution in [0, 0.1) is 11.2 Å². The molecule has 0 radical (unpaired) electrons. The van der Waals surface area contributed by atoms with Gasteiger partial charge in [-0.2, -0.15) is 0 Å². The molecule has 0 saturated carbocycles. The summed E-state index contributed by atoms with van der Waals surface area (Å²) in [6.45, 7) is 7.67. The molecule has 0 saturated heterocycles. The maximum absolute atomic E-state index is 12.9. The van der Waals surface area contributed by atoms with Gasteiger partial charge in [0, 0.05) is 6.54 Å². The Hall–Kier alpha value is -1.46. The first kappa shape index (κ1) is 17.6. The summed E-state index contributed by atoms with van der Waals surface area (Å²) < 4.78 is 12.9. The van der Waals surface area contributed by atoms with Gasteiger partial charge >= 0.3 is 0 Å². The van der Waals surface area contributed by atoms with Crippen molar-refractivity contribution in [3.63, 3.8) is 0 Å². The Morgan fingerprint density at radius 3 is 2.48 bits per heavy atom. The molecule has 0 heterocycles. The number of halogens is 1. The van der Waals surface area contributed by atoms with Gasteiger partial charge in [0.05, 0.1) is 12.6 Å². The van der Waals surface area contributed by atoms with Crippen molar-refractivity contribution in [2.45, 2.75) is 26.8 Å². The van der Waals surface area contributed by atoms with E-state index >= 15 is 0 Å². The van der Waals surface area contributed by atoms with Crippen LogP contribution >= 0.6 is 0 Å². The quantitative estimate of drug-likeness (QED) is 0.808. The molecular formula is C16H26FN3O. The van der Waals surface area contributed by atoms with Gasteiger partial charge in [-0.25, -0.2) is 4.39 Å². The van der Waals surface area contributed by atoms with Gasteiger partial charge in [0.15, 0.2) is 0 Å². The summed E-state index contributed by atoms with van der Waals surface area (Å²) in [5.74, 6) is -0.330. The number of carbonyl (C=O) groups is 1. The number of nitrogens with two attached hydrogens (primary N) is 1. The van der Waals surface area contributed by atoms with Crippen LogP contribution in [-0.4, -0.2) is 37.5 Å². The summed E-state index contributed by atoms with van der Waals surface area (Å²) in [4.78, 5) is 14.0. The predicted molar refractivity (Wildman–Crippen MR) is 83.3 cm³/mol. The van der Waals surface area contributed by atoms with Crippen LogP contribution in [0.5, 0.6) is 0 Å². The number of likely N-dealkylation sites (N-methyl/N-ethyl adjacent to an activating group) is 1. The van der Waals surface area contributed by atoms with Crippen molar-refractivity contribution < 1.29 is 9.18 Å². The molecule has 0 fully saturated rings. The van der Waals surface area contributed by atoms with Crippen LogP contribution in [0.3, 0.4) is 0 Å². The van der Waals surface area contributed by atoms with Gasteiger partial charge in [-0.3, -0.25) is 9.69 Å². The standard InChI is InChI=1S/C16H26FN3O/c1-12(13-5-7-14(17)8-6-13)19-15(21)9-20(4)11-16(2,3)10-18/h5-8,12H,9-11,18H2,1-4H3,(H,19,21). The Morgan fingerprint density at radius 1 is 1.38 bits per heavy atom. The summed E-state index contributed by atoms with van der Waals surface area (Å²) in [6, 6.07) is 6.01. The van der Waals surface area contributed by atoms with Gasteiger partial charge in [0.25, 0.3) is 0 Å². The first-order valence-corrected chi connectivity index (χ1v) is 7.17. The number of rotatable bonds is 7. The van der Waals surface area contributed by atoms with E-state index in [0.29, 0.717) is 13.1 Å². The molecular weight excluding hydrogens is 269 g/mol. The molecule has 0 aromatic heterocycles. The fraction of sp³-hybridized carbons (Fsp3) is 0.562. The second kappa shape index (κ2) is 7.52. The minimum absolute atomic E-state index is 0.0163. The number of hydrogen-bond acceptors (Lipinski definition) is 3. The Bertz CT molecular complexity index is 459. The average molecular weight is 295 g/mol. The van der Waals surface area contributed by atoms with Gasteiger partial charge in [0.1, 0.15) is 5.82 Å². The van der Waals surface area contributed by atoms with Gasteiger partial charge in [-0.05, 0) is 43.6 Å². The molecule has 5 heteroatoms. The lowest BCUT2D eigenvalue weighted by Gasteiger charge is -2.28. The fourth-order valence-corrected chi connectivity index (χ4v) is 2.22. The number of nitrogens with one attached hydrogen (secondary N) is 1. The Labute approximate surface area is 126 Å². The molecule has 0 aliphatic rings. The molecule has 3 N–H and O–H groups in total. The number of benzene rings is 1. The number of nitrogens with zero attached hydrogens (tertiary/aromatic N) is 1. The maximum Gasteiger partial charge on any atom is 0.234 e. The van der Waals surface area contributed by atoms with Crippen LogP contribution in [-0.2, 0) is 4.79 Å². The highest BCUT2D eigenvalue weighted by molar-refractivity contribution is 5.78. The largest absolute Gasteiger partial charge is 0.348 e. The molecule has 118 valence electrons. The van der Waals surface area contributed by atoms with E-state index < -0.39 is 0 Å². The minimum Gasteiger partial charge on any atom is -0.348 e. The van der Waals surface area contributed by atoms with Gasteiger partial charge < -0.3 is 11.1 Å². The van der Waals surface area contributed by atoms with E-state index in [4.69, 9.17) is 5.73 Å². The van der Waals surface area contributed by atoms with Crippen LogP contribution in [0.2, 0.25) is 0 Å². The number of carbonyl (C=O) groups excluding carboxylic acids is 1. The van der Waals surface area contributed by atoms with E-state index in [1.165, 1.54) is 12.1 Å². The van der Waals surface area contributed by atoms with Crippen LogP contribution < -0.4 is 11.1 Å². The molecule has 4 nitrogen and oxygen atoms in total. The molecule has 21 heavy (non-hydrogen) atoms. The molecule has 1 aromatic rings. The molecule has 1 unspecified atom stereocenters. The molecule has 1 rings (SSSR count). The number of amides is 1. The lowest BCUT2D eigenvalue weighted by Crippen LogP contribution is -2.42. The van der Waals surface area contributed by atoms with E-state index in [2.05, 4.69) is 19.2 Å². The third-order valence-corrected chi connectivity index (χ3v) is 3.41. The smallest absolute Gasteiger partial charge is 0.234 e. The van der Waals surface area contributed by atoms with Crippen LogP contribution in [0.4, 0.5) is 4.39 Å².